The molecule has 0 aliphatic carbocycles. The molecule has 1 amide bonds. The zero-order valence-electron chi connectivity index (χ0n) is 11.8. The number of likely N-dealkylation sites (tertiary alicyclic amines) is 1. The van der Waals surface area contributed by atoms with Crippen LogP contribution in [0.15, 0.2) is 5.38 Å². The van der Waals surface area contributed by atoms with Crippen LogP contribution in [-0.2, 0) is 16.1 Å². The van der Waals surface area contributed by atoms with Crippen LogP contribution >= 0.6 is 23.1 Å². The first kappa shape index (κ1) is 14.7. The first-order valence-electron chi connectivity index (χ1n) is 6.90. The summed E-state index contributed by atoms with van der Waals surface area (Å²) in [5.41, 5.74) is 0. The van der Waals surface area contributed by atoms with Gasteiger partial charge in [-0.3, -0.25) is 9.59 Å². The summed E-state index contributed by atoms with van der Waals surface area (Å²) in [6, 6.07) is 0. The molecule has 1 fully saturated rings. The minimum Gasteiger partial charge on any atom is -0.485 e. The van der Waals surface area contributed by atoms with E-state index in [1.54, 1.807) is 18.3 Å². The van der Waals surface area contributed by atoms with Crippen molar-refractivity contribution in [2.75, 3.05) is 25.5 Å². The lowest BCUT2D eigenvalue weighted by Crippen LogP contribution is -2.25. The number of rotatable bonds is 4. The molecule has 0 radical (unpaired) electrons. The van der Waals surface area contributed by atoms with Crippen molar-refractivity contribution in [2.45, 2.75) is 19.9 Å². The van der Waals surface area contributed by atoms with Gasteiger partial charge in [-0.25, -0.2) is 0 Å². The number of thioether (sulfide) groups is 1. The molecule has 0 spiro atoms. The van der Waals surface area contributed by atoms with E-state index < -0.39 is 0 Å². The predicted octanol–water partition coefficient (Wildman–Crippen LogP) is 2.15. The average molecular weight is 327 g/mol. The number of thiophene rings is 1. The summed E-state index contributed by atoms with van der Waals surface area (Å²) in [5, 5.41) is 2.05. The van der Waals surface area contributed by atoms with E-state index in [2.05, 4.69) is 0 Å². The van der Waals surface area contributed by atoms with Crippen LogP contribution in [0.25, 0.3) is 0 Å². The lowest BCUT2D eigenvalue weighted by molar-refractivity contribution is -0.128. The first-order valence-corrected chi connectivity index (χ1v) is 8.77. The molecule has 0 saturated carbocycles. The van der Waals surface area contributed by atoms with Crippen LogP contribution in [-0.4, -0.2) is 41.4 Å². The molecule has 0 aromatic carbocycles. The van der Waals surface area contributed by atoms with Gasteiger partial charge in [-0.05, 0) is 5.92 Å². The normalized spacial score (nSPS) is 20.9. The van der Waals surface area contributed by atoms with E-state index >= 15 is 0 Å². The average Bonchev–Trinajstić information content (AvgIpc) is 3.02. The summed E-state index contributed by atoms with van der Waals surface area (Å²) in [6.45, 7) is 3.99. The molecule has 114 valence electrons. The van der Waals surface area contributed by atoms with Crippen molar-refractivity contribution in [1.29, 1.82) is 0 Å². The van der Waals surface area contributed by atoms with E-state index in [-0.39, 0.29) is 16.9 Å². The van der Waals surface area contributed by atoms with Gasteiger partial charge < -0.3 is 14.4 Å². The van der Waals surface area contributed by atoms with Crippen LogP contribution < -0.4 is 9.47 Å². The Morgan fingerprint density at radius 2 is 2.29 bits per heavy atom. The molecule has 2 aliphatic rings. The fourth-order valence-corrected chi connectivity index (χ4v) is 4.17. The Morgan fingerprint density at radius 1 is 1.48 bits per heavy atom. The van der Waals surface area contributed by atoms with Crippen molar-refractivity contribution in [2.24, 2.45) is 5.92 Å². The number of ether oxygens (including phenoxy) is 2. The summed E-state index contributed by atoms with van der Waals surface area (Å²) in [6.07, 6.45) is 0.533. The van der Waals surface area contributed by atoms with E-state index in [9.17, 15) is 9.59 Å². The van der Waals surface area contributed by atoms with Gasteiger partial charge in [0.1, 0.15) is 13.2 Å². The lowest BCUT2D eigenvalue weighted by Gasteiger charge is -2.19. The van der Waals surface area contributed by atoms with E-state index in [1.165, 1.54) is 11.8 Å². The Balaban J connectivity index is 1.61. The summed E-state index contributed by atoms with van der Waals surface area (Å²) < 4.78 is 11.2. The van der Waals surface area contributed by atoms with Crippen LogP contribution in [0.2, 0.25) is 0 Å². The Hall–Kier alpha value is -1.21. The van der Waals surface area contributed by atoms with Gasteiger partial charge in [-0.15, -0.1) is 11.3 Å². The molecule has 2 aliphatic heterocycles. The number of carbonyl (C=O) groups excluding carboxylic acids is 2. The minimum absolute atomic E-state index is 0.110. The van der Waals surface area contributed by atoms with Gasteiger partial charge in [0.25, 0.3) is 0 Å². The Labute approximate surface area is 131 Å². The molecule has 0 bridgehead atoms. The molecular weight excluding hydrogens is 310 g/mol. The van der Waals surface area contributed by atoms with E-state index in [4.69, 9.17) is 9.47 Å². The second-order valence-corrected chi connectivity index (χ2v) is 7.36. The molecule has 5 nitrogen and oxygen atoms in total. The summed E-state index contributed by atoms with van der Waals surface area (Å²) in [4.78, 5) is 26.0. The number of carbonyl (C=O) groups is 2. The van der Waals surface area contributed by atoms with E-state index in [0.717, 1.165) is 22.1 Å². The summed E-state index contributed by atoms with van der Waals surface area (Å²) >= 11 is 2.87. The zero-order valence-corrected chi connectivity index (χ0v) is 13.4. The van der Waals surface area contributed by atoms with E-state index in [0.29, 0.717) is 32.7 Å². The Morgan fingerprint density at radius 3 is 3.10 bits per heavy atom. The SMILES string of the molecule is CC(=O)SCC1CC(=O)N(Cc2scc3c2OCCO3)C1. The molecule has 1 unspecified atom stereocenters. The molecule has 21 heavy (non-hydrogen) atoms. The molecule has 1 aromatic heterocycles. The van der Waals surface area contributed by atoms with Crippen molar-refractivity contribution < 1.29 is 19.1 Å². The van der Waals surface area contributed by atoms with Crippen LogP contribution in [0.3, 0.4) is 0 Å². The molecule has 3 heterocycles. The maximum absolute atomic E-state index is 12.1. The Kier molecular flexibility index (Phi) is 4.40. The van der Waals surface area contributed by atoms with Crippen molar-refractivity contribution in [3.8, 4) is 11.5 Å². The molecule has 0 N–H and O–H groups in total. The fourth-order valence-electron chi connectivity index (χ4n) is 2.55. The molecule has 1 atom stereocenters. The third-order valence-corrected chi connectivity index (χ3v) is 5.50. The lowest BCUT2D eigenvalue weighted by atomic mass is 10.1. The fraction of sp³-hybridized carbons (Fsp3) is 0.571. The first-order chi connectivity index (χ1) is 10.1. The van der Waals surface area contributed by atoms with Crippen molar-refractivity contribution in [1.82, 2.24) is 4.90 Å². The van der Waals surface area contributed by atoms with Gasteiger partial charge in [-0.2, -0.15) is 0 Å². The van der Waals surface area contributed by atoms with Gasteiger partial charge in [-0.1, -0.05) is 11.8 Å². The van der Waals surface area contributed by atoms with Gasteiger partial charge >= 0.3 is 0 Å². The number of hydrogen-bond acceptors (Lipinski definition) is 6. The minimum atomic E-state index is 0.110. The molecular formula is C14H17NO4S2. The summed E-state index contributed by atoms with van der Waals surface area (Å²) in [7, 11) is 0. The van der Waals surface area contributed by atoms with E-state index in [1.807, 2.05) is 10.3 Å². The summed E-state index contributed by atoms with van der Waals surface area (Å²) in [5.74, 6) is 2.72. The standard InChI is InChI=1S/C14H17NO4S2/c1-9(16)20-7-10-4-13(17)15(5-10)6-12-14-11(8-21-12)18-2-3-19-14/h8,10H,2-7H2,1H3. The number of fused-ring (bicyclic) bond motifs is 1. The van der Waals surface area contributed by atoms with Crippen LogP contribution in [0.5, 0.6) is 11.5 Å². The van der Waals surface area contributed by atoms with Crippen LogP contribution in [0.4, 0.5) is 0 Å². The topological polar surface area (TPSA) is 55.8 Å². The van der Waals surface area contributed by atoms with Gasteiger partial charge in [0.15, 0.2) is 16.6 Å². The maximum Gasteiger partial charge on any atom is 0.223 e. The smallest absolute Gasteiger partial charge is 0.223 e. The van der Waals surface area contributed by atoms with Gasteiger partial charge in [0.2, 0.25) is 5.91 Å². The molecule has 1 saturated heterocycles. The van der Waals surface area contributed by atoms with Gasteiger partial charge in [0, 0.05) is 31.0 Å². The Bertz CT molecular complexity index is 557. The van der Waals surface area contributed by atoms with Crippen molar-refractivity contribution in [3.63, 3.8) is 0 Å². The third-order valence-electron chi connectivity index (χ3n) is 3.52. The van der Waals surface area contributed by atoms with Crippen LogP contribution in [0, 0.1) is 5.92 Å². The monoisotopic (exact) mass is 327 g/mol. The highest BCUT2D eigenvalue weighted by atomic mass is 32.2. The number of nitrogens with zero attached hydrogens (tertiary/aromatic N) is 1. The molecule has 1 aromatic rings. The van der Waals surface area contributed by atoms with Crippen LogP contribution in [0.1, 0.15) is 18.2 Å². The number of amides is 1. The maximum atomic E-state index is 12.1. The highest BCUT2D eigenvalue weighted by molar-refractivity contribution is 8.13. The molecule has 7 heteroatoms. The van der Waals surface area contributed by atoms with Crippen molar-refractivity contribution >= 4 is 34.1 Å². The quantitative estimate of drug-likeness (QED) is 0.848. The second-order valence-electron chi connectivity index (χ2n) is 5.20. The predicted molar refractivity (Wildman–Crippen MR) is 82.0 cm³/mol. The third kappa shape index (κ3) is 3.35. The van der Waals surface area contributed by atoms with Crippen molar-refractivity contribution in [3.05, 3.63) is 10.3 Å². The number of hydrogen-bond donors (Lipinski definition) is 0. The zero-order chi connectivity index (χ0) is 14.8. The largest absolute Gasteiger partial charge is 0.485 e. The second kappa shape index (κ2) is 6.27. The molecule has 3 rings (SSSR count). The highest BCUT2D eigenvalue weighted by Crippen LogP contribution is 2.40. The van der Waals surface area contributed by atoms with Gasteiger partial charge in [0.05, 0.1) is 11.4 Å². The highest BCUT2D eigenvalue weighted by Gasteiger charge is 2.31.